The van der Waals surface area contributed by atoms with Gasteiger partial charge < -0.3 is 15.5 Å². The molecule has 0 radical (unpaired) electrons. The molecule has 6 heteroatoms. The summed E-state index contributed by atoms with van der Waals surface area (Å²) in [7, 11) is 0. The number of carbonyl (C=O) groups is 2. The maximum atomic E-state index is 12.5. The highest BCUT2D eigenvalue weighted by Gasteiger charge is 2.18. The van der Waals surface area contributed by atoms with Gasteiger partial charge in [0, 0.05) is 35.1 Å². The van der Waals surface area contributed by atoms with Crippen LogP contribution >= 0.6 is 11.6 Å². The third-order valence-corrected chi connectivity index (χ3v) is 4.36. The van der Waals surface area contributed by atoms with E-state index in [0.717, 1.165) is 25.9 Å². The van der Waals surface area contributed by atoms with Crippen LogP contribution < -0.4 is 10.6 Å². The van der Waals surface area contributed by atoms with Crippen LogP contribution in [0, 0.1) is 0 Å². The van der Waals surface area contributed by atoms with Crippen molar-refractivity contribution in [3.63, 3.8) is 0 Å². The number of likely N-dealkylation sites (tertiary alicyclic amines) is 1. The number of halogens is 1. The van der Waals surface area contributed by atoms with Crippen LogP contribution in [0.5, 0.6) is 0 Å². The molecule has 1 fully saturated rings. The SMILES string of the molecule is O=C(Nc1ccc(Cl)cc1)Nc1cccc(C(=O)N2CCCCC2)c1. The number of benzene rings is 2. The molecule has 0 atom stereocenters. The lowest BCUT2D eigenvalue weighted by Crippen LogP contribution is -2.35. The van der Waals surface area contributed by atoms with E-state index in [0.29, 0.717) is 22.0 Å². The number of anilines is 2. The summed E-state index contributed by atoms with van der Waals surface area (Å²) in [5.41, 5.74) is 1.81. The Morgan fingerprint density at radius 3 is 2.28 bits per heavy atom. The normalized spacial score (nSPS) is 14.0. The van der Waals surface area contributed by atoms with Crippen LogP contribution in [0.2, 0.25) is 5.02 Å². The first kappa shape index (κ1) is 17.3. The lowest BCUT2D eigenvalue weighted by atomic mass is 10.1. The summed E-state index contributed by atoms with van der Waals surface area (Å²) >= 11 is 5.82. The molecule has 3 amide bonds. The summed E-state index contributed by atoms with van der Waals surface area (Å²) in [5.74, 6) is 0.0152. The Morgan fingerprint density at radius 2 is 1.56 bits per heavy atom. The predicted molar refractivity (Wildman–Crippen MR) is 100 cm³/mol. The average Bonchev–Trinajstić information content (AvgIpc) is 2.64. The van der Waals surface area contributed by atoms with E-state index in [9.17, 15) is 9.59 Å². The predicted octanol–water partition coefficient (Wildman–Crippen LogP) is 4.61. The van der Waals surface area contributed by atoms with Gasteiger partial charge in [-0.2, -0.15) is 0 Å². The summed E-state index contributed by atoms with van der Waals surface area (Å²) in [6, 6.07) is 13.5. The standard InChI is InChI=1S/C19H20ClN3O2/c20-15-7-9-16(10-8-15)21-19(25)22-17-6-4-5-14(13-17)18(24)23-11-2-1-3-12-23/h4-10,13H,1-3,11-12H2,(H2,21,22,25). The molecule has 0 unspecified atom stereocenters. The molecule has 0 bridgehead atoms. The van der Waals surface area contributed by atoms with Gasteiger partial charge in [-0.25, -0.2) is 4.79 Å². The van der Waals surface area contributed by atoms with Crippen molar-refractivity contribution in [1.29, 1.82) is 0 Å². The smallest absolute Gasteiger partial charge is 0.323 e. The Morgan fingerprint density at radius 1 is 0.880 bits per heavy atom. The van der Waals surface area contributed by atoms with Crippen LogP contribution in [0.1, 0.15) is 29.6 Å². The maximum absolute atomic E-state index is 12.5. The highest BCUT2D eigenvalue weighted by molar-refractivity contribution is 6.30. The molecule has 0 saturated carbocycles. The zero-order valence-electron chi connectivity index (χ0n) is 13.8. The first-order valence-electron chi connectivity index (χ1n) is 8.35. The number of carbonyl (C=O) groups excluding carboxylic acids is 2. The Balaban J connectivity index is 1.63. The van der Waals surface area contributed by atoms with E-state index in [1.54, 1.807) is 48.5 Å². The van der Waals surface area contributed by atoms with Crippen molar-refractivity contribution in [2.75, 3.05) is 23.7 Å². The fourth-order valence-electron chi connectivity index (χ4n) is 2.84. The Labute approximate surface area is 152 Å². The number of nitrogens with zero attached hydrogens (tertiary/aromatic N) is 1. The van der Waals surface area contributed by atoms with Crippen LogP contribution in [0.15, 0.2) is 48.5 Å². The minimum absolute atomic E-state index is 0.0152. The minimum atomic E-state index is -0.370. The second-order valence-corrected chi connectivity index (χ2v) is 6.46. The van der Waals surface area contributed by atoms with Gasteiger partial charge in [0.25, 0.3) is 5.91 Å². The zero-order chi connectivity index (χ0) is 17.6. The Hall–Kier alpha value is -2.53. The van der Waals surface area contributed by atoms with Crippen molar-refractivity contribution in [1.82, 2.24) is 4.90 Å². The molecule has 2 aromatic rings. The van der Waals surface area contributed by atoms with Crippen molar-refractivity contribution in [2.45, 2.75) is 19.3 Å². The molecule has 3 rings (SSSR count). The van der Waals surface area contributed by atoms with Crippen molar-refractivity contribution in [3.05, 3.63) is 59.1 Å². The van der Waals surface area contributed by atoms with Gasteiger partial charge in [-0.15, -0.1) is 0 Å². The van der Waals surface area contributed by atoms with Gasteiger partial charge in [0.2, 0.25) is 0 Å². The molecule has 1 aliphatic heterocycles. The second-order valence-electron chi connectivity index (χ2n) is 6.02. The van der Waals surface area contributed by atoms with Gasteiger partial charge >= 0.3 is 6.03 Å². The summed E-state index contributed by atoms with van der Waals surface area (Å²) in [4.78, 5) is 26.5. The number of urea groups is 1. The molecule has 1 aliphatic rings. The molecule has 2 aromatic carbocycles. The van der Waals surface area contributed by atoms with Crippen LogP contribution in [-0.2, 0) is 0 Å². The molecule has 0 spiro atoms. The summed E-state index contributed by atoms with van der Waals surface area (Å²) in [6.07, 6.45) is 3.27. The van der Waals surface area contributed by atoms with Crippen molar-refractivity contribution in [3.8, 4) is 0 Å². The molecule has 130 valence electrons. The summed E-state index contributed by atoms with van der Waals surface area (Å²) < 4.78 is 0. The monoisotopic (exact) mass is 357 g/mol. The summed E-state index contributed by atoms with van der Waals surface area (Å²) in [6.45, 7) is 1.60. The topological polar surface area (TPSA) is 61.4 Å². The van der Waals surface area contributed by atoms with E-state index in [1.165, 1.54) is 6.42 Å². The maximum Gasteiger partial charge on any atom is 0.323 e. The molecule has 0 aromatic heterocycles. The Kier molecular flexibility index (Phi) is 5.56. The van der Waals surface area contributed by atoms with E-state index in [-0.39, 0.29) is 11.9 Å². The first-order valence-corrected chi connectivity index (χ1v) is 8.72. The molecule has 1 heterocycles. The number of rotatable bonds is 3. The van der Waals surface area contributed by atoms with Gasteiger partial charge in [-0.1, -0.05) is 17.7 Å². The third kappa shape index (κ3) is 4.73. The number of hydrogen-bond donors (Lipinski definition) is 2. The molecule has 5 nitrogen and oxygen atoms in total. The van der Waals surface area contributed by atoms with Crippen molar-refractivity contribution >= 4 is 34.9 Å². The van der Waals surface area contributed by atoms with E-state index in [1.807, 2.05) is 4.90 Å². The van der Waals surface area contributed by atoms with E-state index >= 15 is 0 Å². The van der Waals surface area contributed by atoms with E-state index < -0.39 is 0 Å². The van der Waals surface area contributed by atoms with E-state index in [4.69, 9.17) is 11.6 Å². The van der Waals surface area contributed by atoms with Crippen LogP contribution in [0.3, 0.4) is 0 Å². The molecule has 2 N–H and O–H groups in total. The summed E-state index contributed by atoms with van der Waals surface area (Å²) in [5, 5.41) is 6.08. The van der Waals surface area contributed by atoms with E-state index in [2.05, 4.69) is 10.6 Å². The van der Waals surface area contributed by atoms with Crippen molar-refractivity contribution in [2.24, 2.45) is 0 Å². The average molecular weight is 358 g/mol. The molecule has 0 aliphatic carbocycles. The number of amides is 3. The van der Waals surface area contributed by atoms with Gasteiger partial charge in [0.05, 0.1) is 0 Å². The molecule has 1 saturated heterocycles. The first-order chi connectivity index (χ1) is 12.1. The number of hydrogen-bond acceptors (Lipinski definition) is 2. The van der Waals surface area contributed by atoms with Gasteiger partial charge in [-0.05, 0) is 61.7 Å². The quantitative estimate of drug-likeness (QED) is 0.842. The van der Waals surface area contributed by atoms with Gasteiger partial charge in [0.1, 0.15) is 0 Å². The lowest BCUT2D eigenvalue weighted by Gasteiger charge is -2.26. The van der Waals surface area contributed by atoms with Gasteiger partial charge in [-0.3, -0.25) is 4.79 Å². The zero-order valence-corrected chi connectivity index (χ0v) is 14.6. The largest absolute Gasteiger partial charge is 0.339 e. The molecular weight excluding hydrogens is 338 g/mol. The highest BCUT2D eigenvalue weighted by Crippen LogP contribution is 2.17. The Bertz CT molecular complexity index is 756. The van der Waals surface area contributed by atoms with Gasteiger partial charge in [0.15, 0.2) is 0 Å². The molecular formula is C19H20ClN3O2. The highest BCUT2D eigenvalue weighted by atomic mass is 35.5. The minimum Gasteiger partial charge on any atom is -0.339 e. The van der Waals surface area contributed by atoms with Crippen LogP contribution in [0.25, 0.3) is 0 Å². The molecule has 25 heavy (non-hydrogen) atoms. The fraction of sp³-hybridized carbons (Fsp3) is 0.263. The van der Waals surface area contributed by atoms with Crippen molar-refractivity contribution < 1.29 is 9.59 Å². The van der Waals surface area contributed by atoms with Crippen LogP contribution in [-0.4, -0.2) is 29.9 Å². The number of piperidine rings is 1. The lowest BCUT2D eigenvalue weighted by molar-refractivity contribution is 0.0724. The van der Waals surface area contributed by atoms with Crippen LogP contribution in [0.4, 0.5) is 16.2 Å². The second kappa shape index (κ2) is 8.03. The fourth-order valence-corrected chi connectivity index (χ4v) is 2.96. The number of nitrogens with one attached hydrogen (secondary N) is 2. The third-order valence-electron chi connectivity index (χ3n) is 4.11.